The SMILES string of the molecule is CC(C)(C)[CH2][InH2]. The van der Waals surface area contributed by atoms with Gasteiger partial charge in [-0.3, -0.25) is 0 Å². The molecule has 6 heavy (non-hydrogen) atoms. The van der Waals surface area contributed by atoms with Gasteiger partial charge in [0, 0.05) is 0 Å². The summed E-state index contributed by atoms with van der Waals surface area (Å²) in [7, 11) is 0. The summed E-state index contributed by atoms with van der Waals surface area (Å²) < 4.78 is 1.48. The van der Waals surface area contributed by atoms with Gasteiger partial charge in [-0.15, -0.1) is 0 Å². The molecule has 0 aliphatic heterocycles. The maximum atomic E-state index is 2.30. The van der Waals surface area contributed by atoms with Crippen molar-refractivity contribution in [2.24, 2.45) is 5.41 Å². The van der Waals surface area contributed by atoms with Gasteiger partial charge < -0.3 is 0 Å². The van der Waals surface area contributed by atoms with Crippen molar-refractivity contribution in [2.75, 3.05) is 0 Å². The second kappa shape index (κ2) is 2.25. The van der Waals surface area contributed by atoms with E-state index in [2.05, 4.69) is 20.8 Å². The van der Waals surface area contributed by atoms with Crippen molar-refractivity contribution in [3.05, 3.63) is 0 Å². The number of rotatable bonds is 0. The Kier molecular flexibility index (Phi) is 2.57. The molecule has 0 atom stereocenters. The molecule has 0 rings (SSSR count). The van der Waals surface area contributed by atoms with E-state index in [1.165, 1.54) is 4.18 Å². The summed E-state index contributed by atoms with van der Waals surface area (Å²) in [6, 6.07) is 0. The van der Waals surface area contributed by atoms with Crippen LogP contribution in [0.4, 0.5) is 0 Å². The number of hydrogen-bond acceptors (Lipinski definition) is 0. The van der Waals surface area contributed by atoms with Crippen LogP contribution in [0, 0.1) is 5.41 Å². The predicted molar refractivity (Wildman–Crippen MR) is 32.8 cm³/mol. The van der Waals surface area contributed by atoms with Crippen LogP contribution in [0.1, 0.15) is 20.8 Å². The van der Waals surface area contributed by atoms with Crippen molar-refractivity contribution in [2.45, 2.75) is 24.9 Å². The Hall–Kier alpha value is 0.870. The third-order valence-corrected chi connectivity index (χ3v) is 7.12. The van der Waals surface area contributed by atoms with Gasteiger partial charge in [-0.2, -0.15) is 0 Å². The van der Waals surface area contributed by atoms with Crippen LogP contribution >= 0.6 is 0 Å². The zero-order valence-electron chi connectivity index (χ0n) is 5.21. The topological polar surface area (TPSA) is 0 Å². The summed E-state index contributed by atoms with van der Waals surface area (Å²) in [6.45, 7) is 6.89. The van der Waals surface area contributed by atoms with Crippen LogP contribution in [-0.2, 0) is 0 Å². The average molecular weight is 188 g/mol. The van der Waals surface area contributed by atoms with Crippen molar-refractivity contribution < 1.29 is 0 Å². The Labute approximate surface area is 54.9 Å². The van der Waals surface area contributed by atoms with E-state index in [0.29, 0.717) is 5.41 Å². The molecule has 1 heteroatoms. The fourth-order valence-corrected chi connectivity index (χ4v) is 0. The van der Waals surface area contributed by atoms with Gasteiger partial charge in [0.2, 0.25) is 0 Å². The molecule has 0 heterocycles. The van der Waals surface area contributed by atoms with Crippen molar-refractivity contribution in [3.63, 3.8) is 0 Å². The van der Waals surface area contributed by atoms with Gasteiger partial charge in [0.05, 0.1) is 0 Å². The Morgan fingerprint density at radius 2 is 1.50 bits per heavy atom. The molecule has 0 amide bonds. The van der Waals surface area contributed by atoms with Crippen LogP contribution in [0.2, 0.25) is 4.18 Å². The van der Waals surface area contributed by atoms with Crippen molar-refractivity contribution in [3.8, 4) is 0 Å². The van der Waals surface area contributed by atoms with Gasteiger partial charge in [0.15, 0.2) is 0 Å². The summed E-state index contributed by atoms with van der Waals surface area (Å²) in [5.74, 6) is 0. The predicted octanol–water partition coefficient (Wildman–Crippen LogP) is 1.08. The van der Waals surface area contributed by atoms with Gasteiger partial charge in [-0.05, 0) is 0 Å². The van der Waals surface area contributed by atoms with Gasteiger partial charge >= 0.3 is 54.7 Å². The first-order valence-electron chi connectivity index (χ1n) is 2.56. The first-order chi connectivity index (χ1) is 2.56. The second-order valence-corrected chi connectivity index (χ2v) is 4.93. The zero-order valence-corrected chi connectivity index (χ0v) is 10.9. The van der Waals surface area contributed by atoms with E-state index >= 15 is 0 Å². The van der Waals surface area contributed by atoms with E-state index in [-0.39, 0.29) is 0 Å². The zero-order chi connectivity index (χ0) is 5.21. The molecule has 0 aliphatic rings. The molecule has 0 aliphatic carbocycles. The average Bonchev–Trinajstić information content (AvgIpc) is 1.35. The van der Waals surface area contributed by atoms with Gasteiger partial charge in [-0.1, -0.05) is 0 Å². The maximum absolute atomic E-state index is 2.30. The Balaban J connectivity index is 3.17. The molecule has 0 fully saturated rings. The molecule has 0 unspecified atom stereocenters. The van der Waals surface area contributed by atoms with Crippen LogP contribution in [0.25, 0.3) is 0 Å². The molecular weight excluding hydrogens is 175 g/mol. The molecule has 0 aromatic heterocycles. The Morgan fingerprint density at radius 3 is 1.50 bits per heavy atom. The Bertz CT molecular complexity index is 33.7. The molecule has 0 bridgehead atoms. The van der Waals surface area contributed by atoms with Crippen molar-refractivity contribution in [1.29, 1.82) is 0 Å². The quantitative estimate of drug-likeness (QED) is 0.533. The molecule has 0 saturated heterocycles. The standard InChI is InChI=1S/C5H11.In.2H/c1-5(2,3)4;;;/h1H2,2-4H3;;;. The molecule has 0 nitrogen and oxygen atoms in total. The summed E-state index contributed by atoms with van der Waals surface area (Å²) in [5.41, 5.74) is 0.635. The molecule has 0 radical (unpaired) electrons. The molecule has 0 aromatic carbocycles. The third kappa shape index (κ3) is 4.87. The number of hydrogen-bond donors (Lipinski definition) is 0. The fraction of sp³-hybridized carbons (Fsp3) is 1.00. The molecule has 0 saturated carbocycles. The summed E-state index contributed by atoms with van der Waals surface area (Å²) in [4.78, 5) is 0. The fourth-order valence-electron chi connectivity index (χ4n) is 0. The molecule has 0 N–H and O–H groups in total. The minimum atomic E-state index is 0.635. The summed E-state index contributed by atoms with van der Waals surface area (Å²) in [5, 5.41) is 0. The Morgan fingerprint density at radius 1 is 1.33 bits per heavy atom. The van der Waals surface area contributed by atoms with Crippen molar-refractivity contribution >= 4 is 24.4 Å². The van der Waals surface area contributed by atoms with Crippen LogP contribution in [0.15, 0.2) is 0 Å². The van der Waals surface area contributed by atoms with Crippen LogP contribution in [0.5, 0.6) is 0 Å². The molecule has 0 aromatic rings. The van der Waals surface area contributed by atoms with Gasteiger partial charge in [0.1, 0.15) is 0 Å². The first kappa shape index (κ1) is 6.87. The van der Waals surface area contributed by atoms with Gasteiger partial charge in [0.25, 0.3) is 0 Å². The summed E-state index contributed by atoms with van der Waals surface area (Å²) in [6.07, 6.45) is 0. The van der Waals surface area contributed by atoms with Crippen LogP contribution < -0.4 is 0 Å². The molecule has 36 valence electrons. The monoisotopic (exact) mass is 188 g/mol. The van der Waals surface area contributed by atoms with Crippen LogP contribution in [0.3, 0.4) is 0 Å². The molecule has 0 spiro atoms. The van der Waals surface area contributed by atoms with E-state index in [1.54, 1.807) is 0 Å². The summed E-state index contributed by atoms with van der Waals surface area (Å²) >= 11 is 0.907. The van der Waals surface area contributed by atoms with E-state index < -0.39 is 0 Å². The van der Waals surface area contributed by atoms with Crippen LogP contribution in [-0.4, -0.2) is 24.4 Å². The second-order valence-electron chi connectivity index (χ2n) is 2.91. The van der Waals surface area contributed by atoms with E-state index in [9.17, 15) is 0 Å². The molecular formula is C5H13In. The van der Waals surface area contributed by atoms with Crippen molar-refractivity contribution in [1.82, 2.24) is 0 Å². The minimum absolute atomic E-state index is 0.635. The van der Waals surface area contributed by atoms with E-state index in [1.807, 2.05) is 0 Å². The first-order valence-corrected chi connectivity index (χ1v) is 6.60. The van der Waals surface area contributed by atoms with Gasteiger partial charge in [-0.25, -0.2) is 0 Å². The third-order valence-electron chi connectivity index (χ3n) is 1.06. The van der Waals surface area contributed by atoms with E-state index in [0.717, 1.165) is 24.4 Å². The normalized spacial score (nSPS) is 11.8. The van der Waals surface area contributed by atoms with E-state index in [4.69, 9.17) is 0 Å².